The van der Waals surface area contributed by atoms with Gasteiger partial charge in [0.1, 0.15) is 0 Å². The van der Waals surface area contributed by atoms with E-state index in [0.717, 1.165) is 9.13 Å². The molecule has 0 radical (unpaired) electrons. The zero-order valence-electron chi connectivity index (χ0n) is 11.8. The fourth-order valence-electron chi connectivity index (χ4n) is 1.85. The van der Waals surface area contributed by atoms with Gasteiger partial charge in [-0.1, -0.05) is 12.1 Å². The van der Waals surface area contributed by atoms with Gasteiger partial charge in [0, 0.05) is 15.3 Å². The molecule has 2 aromatic rings. The molecular weight excluding hydrogens is 399 g/mol. The van der Waals surface area contributed by atoms with Crippen LogP contribution in [0.15, 0.2) is 53.4 Å². The Morgan fingerprint density at radius 1 is 1.10 bits per heavy atom. The van der Waals surface area contributed by atoms with Crippen molar-refractivity contribution in [2.24, 2.45) is 0 Å². The topological polar surface area (TPSA) is 58.2 Å². The average molecular weight is 416 g/mol. The number of nitrogens with one attached hydrogen (secondary N) is 2. The van der Waals surface area contributed by atoms with Gasteiger partial charge in [0.15, 0.2) is 0 Å². The Morgan fingerprint density at radius 2 is 1.76 bits per heavy atom. The number of rotatable bonds is 5. The van der Waals surface area contributed by atoms with Gasteiger partial charge in [-0.15, -0.1) is 0 Å². The summed E-state index contributed by atoms with van der Waals surface area (Å²) in [5.41, 5.74) is 1.49. The third-order valence-corrected chi connectivity index (χ3v) is 5.30. The molecule has 2 aromatic carbocycles. The Kier molecular flexibility index (Phi) is 5.23. The number of anilines is 1. The quantitative estimate of drug-likeness (QED) is 0.735. The lowest BCUT2D eigenvalue weighted by molar-refractivity contribution is 0.600. The van der Waals surface area contributed by atoms with E-state index < -0.39 is 10.0 Å². The maximum Gasteiger partial charge on any atom is 0.261 e. The lowest BCUT2D eigenvalue weighted by Gasteiger charge is -2.13. The highest BCUT2D eigenvalue weighted by molar-refractivity contribution is 14.1. The molecule has 2 N–H and O–H groups in total. The normalized spacial score (nSPS) is 12.9. The second-order valence-electron chi connectivity index (χ2n) is 4.70. The van der Waals surface area contributed by atoms with Crippen LogP contribution in [0.3, 0.4) is 0 Å². The van der Waals surface area contributed by atoms with Gasteiger partial charge in [-0.25, -0.2) is 8.42 Å². The first-order valence-electron chi connectivity index (χ1n) is 6.48. The minimum absolute atomic E-state index is 0.0958. The Morgan fingerprint density at radius 3 is 2.38 bits per heavy atom. The van der Waals surface area contributed by atoms with E-state index in [1.165, 1.54) is 0 Å². The number of halogens is 1. The van der Waals surface area contributed by atoms with Crippen LogP contribution in [0.5, 0.6) is 0 Å². The van der Waals surface area contributed by atoms with Crippen LogP contribution in [0.1, 0.15) is 18.5 Å². The highest BCUT2D eigenvalue weighted by atomic mass is 127. The van der Waals surface area contributed by atoms with E-state index >= 15 is 0 Å². The summed E-state index contributed by atoms with van der Waals surface area (Å²) in [5, 5.41) is 3.10. The first-order valence-corrected chi connectivity index (χ1v) is 9.04. The maximum absolute atomic E-state index is 12.4. The van der Waals surface area contributed by atoms with Crippen molar-refractivity contribution in [3.8, 4) is 0 Å². The first kappa shape index (κ1) is 16.3. The van der Waals surface area contributed by atoms with E-state index in [-0.39, 0.29) is 10.9 Å². The lowest BCUT2D eigenvalue weighted by Crippen LogP contribution is -2.15. The smallest absolute Gasteiger partial charge is 0.261 e. The summed E-state index contributed by atoms with van der Waals surface area (Å²) in [5.74, 6) is 0. The fourth-order valence-corrected chi connectivity index (χ4v) is 3.32. The van der Waals surface area contributed by atoms with Gasteiger partial charge in [0.2, 0.25) is 0 Å². The number of hydrogen-bond acceptors (Lipinski definition) is 3. The Balaban J connectivity index is 2.29. The maximum atomic E-state index is 12.4. The summed E-state index contributed by atoms with van der Waals surface area (Å²) < 4.78 is 28.5. The molecule has 0 heterocycles. The molecule has 6 heteroatoms. The molecule has 0 spiro atoms. The van der Waals surface area contributed by atoms with Crippen molar-refractivity contribution in [2.75, 3.05) is 11.8 Å². The zero-order valence-corrected chi connectivity index (χ0v) is 14.8. The summed E-state index contributed by atoms with van der Waals surface area (Å²) in [6.45, 7) is 1.98. The molecule has 0 amide bonds. The fraction of sp³-hybridized carbons (Fsp3) is 0.200. The Hall–Kier alpha value is -1.12. The van der Waals surface area contributed by atoms with Crippen molar-refractivity contribution in [2.45, 2.75) is 17.9 Å². The van der Waals surface area contributed by atoms with Crippen LogP contribution in [0.2, 0.25) is 0 Å². The van der Waals surface area contributed by atoms with Crippen molar-refractivity contribution < 1.29 is 8.42 Å². The summed E-state index contributed by atoms with van der Waals surface area (Å²) in [7, 11) is -1.73. The summed E-state index contributed by atoms with van der Waals surface area (Å²) in [6, 6.07) is 14.3. The highest BCUT2D eigenvalue weighted by Gasteiger charge is 2.15. The average Bonchev–Trinajstić information content (AvgIpc) is 2.49. The molecule has 2 rings (SSSR count). The molecule has 0 aliphatic heterocycles. The number of benzene rings is 2. The first-order chi connectivity index (χ1) is 9.92. The molecule has 1 unspecified atom stereocenters. The third kappa shape index (κ3) is 4.18. The van der Waals surface area contributed by atoms with Crippen molar-refractivity contribution in [3.05, 3.63) is 57.7 Å². The molecular formula is C15H17IN2O2S. The van der Waals surface area contributed by atoms with Gasteiger partial charge in [0.25, 0.3) is 10.0 Å². The predicted molar refractivity (Wildman–Crippen MR) is 93.9 cm³/mol. The second-order valence-corrected chi connectivity index (χ2v) is 7.62. The number of hydrogen-bond donors (Lipinski definition) is 2. The number of sulfonamides is 1. The second kappa shape index (κ2) is 6.76. The molecule has 21 heavy (non-hydrogen) atoms. The summed E-state index contributed by atoms with van der Waals surface area (Å²) in [6.07, 6.45) is 0. The predicted octanol–water partition coefficient (Wildman–Crippen LogP) is 3.37. The lowest BCUT2D eigenvalue weighted by atomic mass is 10.1. The van der Waals surface area contributed by atoms with E-state index in [1.807, 2.05) is 32.2 Å². The SMILES string of the molecule is CNC(C)c1cccc(S(=O)(=O)Nc2ccc(I)cc2)c1. The molecule has 0 saturated carbocycles. The van der Waals surface area contributed by atoms with Crippen molar-refractivity contribution >= 4 is 38.3 Å². The van der Waals surface area contributed by atoms with Gasteiger partial charge < -0.3 is 5.32 Å². The summed E-state index contributed by atoms with van der Waals surface area (Å²) >= 11 is 2.18. The van der Waals surface area contributed by atoms with E-state index in [4.69, 9.17) is 0 Å². The Bertz CT molecular complexity index is 715. The van der Waals surface area contributed by atoms with E-state index in [9.17, 15) is 8.42 Å². The molecule has 0 aromatic heterocycles. The molecule has 0 aliphatic carbocycles. The minimum Gasteiger partial charge on any atom is -0.313 e. The van der Waals surface area contributed by atoms with E-state index in [2.05, 4.69) is 32.6 Å². The molecule has 0 aliphatic rings. The van der Waals surface area contributed by atoms with Crippen molar-refractivity contribution in [3.63, 3.8) is 0 Å². The molecule has 0 fully saturated rings. The van der Waals surface area contributed by atoms with Crippen LogP contribution in [-0.2, 0) is 10.0 Å². The molecule has 0 saturated heterocycles. The Labute approximate surface area is 139 Å². The molecule has 1 atom stereocenters. The van der Waals surface area contributed by atoms with Crippen LogP contribution in [0.4, 0.5) is 5.69 Å². The van der Waals surface area contributed by atoms with Crippen molar-refractivity contribution in [1.29, 1.82) is 0 Å². The standard InChI is InChI=1S/C15H17IN2O2S/c1-11(17-2)12-4-3-5-15(10-12)21(19,20)18-14-8-6-13(16)7-9-14/h3-11,17-18H,1-2H3. The van der Waals surface area contributed by atoms with Gasteiger partial charge in [-0.05, 0) is 78.5 Å². The molecule has 4 nitrogen and oxygen atoms in total. The van der Waals surface area contributed by atoms with Crippen LogP contribution in [0, 0.1) is 3.57 Å². The zero-order chi connectivity index (χ0) is 15.5. The van der Waals surface area contributed by atoms with Crippen LogP contribution >= 0.6 is 22.6 Å². The molecule has 0 bridgehead atoms. The van der Waals surface area contributed by atoms with Gasteiger partial charge >= 0.3 is 0 Å². The van der Waals surface area contributed by atoms with E-state index in [0.29, 0.717) is 5.69 Å². The monoisotopic (exact) mass is 416 g/mol. The van der Waals surface area contributed by atoms with Crippen molar-refractivity contribution in [1.82, 2.24) is 5.32 Å². The van der Waals surface area contributed by atoms with Crippen LogP contribution in [-0.4, -0.2) is 15.5 Å². The highest BCUT2D eigenvalue weighted by Crippen LogP contribution is 2.20. The third-order valence-electron chi connectivity index (χ3n) is 3.20. The van der Waals surface area contributed by atoms with Crippen LogP contribution < -0.4 is 10.0 Å². The van der Waals surface area contributed by atoms with E-state index in [1.54, 1.807) is 30.3 Å². The largest absolute Gasteiger partial charge is 0.313 e. The van der Waals surface area contributed by atoms with Gasteiger partial charge in [0.05, 0.1) is 4.90 Å². The van der Waals surface area contributed by atoms with Gasteiger partial charge in [-0.3, -0.25) is 4.72 Å². The van der Waals surface area contributed by atoms with Gasteiger partial charge in [-0.2, -0.15) is 0 Å². The minimum atomic E-state index is -3.57. The molecule has 112 valence electrons. The summed E-state index contributed by atoms with van der Waals surface area (Å²) in [4.78, 5) is 0.264. The van der Waals surface area contributed by atoms with Crippen LogP contribution in [0.25, 0.3) is 0 Å².